The second kappa shape index (κ2) is 7.60. The molecule has 29 heavy (non-hydrogen) atoms. The number of methoxy groups -OCH3 is 1. The van der Waals surface area contributed by atoms with Crippen molar-refractivity contribution in [2.24, 2.45) is 23.2 Å². The zero-order chi connectivity index (χ0) is 20.6. The number of rotatable bonds is 6. The van der Waals surface area contributed by atoms with Gasteiger partial charge in [0.05, 0.1) is 24.0 Å². The molecule has 0 aliphatic heterocycles. The fraction of sp³-hybridized carbons (Fsp3) is 0.600. The van der Waals surface area contributed by atoms with Crippen molar-refractivity contribution in [3.63, 3.8) is 0 Å². The maximum Gasteiger partial charge on any atom is 0.253 e. The second-order valence-electron chi connectivity index (χ2n) is 8.70. The highest BCUT2D eigenvalue weighted by Crippen LogP contribution is 2.60. The highest BCUT2D eigenvalue weighted by Gasteiger charge is 2.54. The van der Waals surface area contributed by atoms with Crippen LogP contribution in [0.25, 0.3) is 0 Å². The maximum absolute atomic E-state index is 12.8. The Balaban J connectivity index is 1.28. The predicted octanol–water partition coefficient (Wildman–Crippen LogP) is 1.34. The Labute approximate surface area is 170 Å². The van der Waals surface area contributed by atoms with Gasteiger partial charge in [0.15, 0.2) is 0 Å². The van der Waals surface area contributed by atoms with Gasteiger partial charge < -0.3 is 4.74 Å². The Bertz CT molecular complexity index is 862. The van der Waals surface area contributed by atoms with E-state index in [1.807, 2.05) is 0 Å². The minimum absolute atomic E-state index is 0.0312. The smallest absolute Gasteiger partial charge is 0.253 e. The zero-order valence-corrected chi connectivity index (χ0v) is 17.3. The van der Waals surface area contributed by atoms with E-state index in [-0.39, 0.29) is 16.2 Å². The monoisotopic (exact) mass is 421 g/mol. The molecule has 0 aromatic heterocycles. The Morgan fingerprint density at radius 3 is 2.07 bits per heavy atom. The molecule has 4 aliphatic carbocycles. The van der Waals surface area contributed by atoms with Crippen LogP contribution in [0.1, 0.15) is 38.5 Å². The van der Waals surface area contributed by atoms with Crippen LogP contribution >= 0.6 is 0 Å². The van der Waals surface area contributed by atoms with Crippen LogP contribution in [0.2, 0.25) is 0 Å². The van der Waals surface area contributed by atoms with Crippen LogP contribution in [-0.2, 0) is 19.6 Å². The summed E-state index contributed by atoms with van der Waals surface area (Å²) in [5.41, 5.74) is 4.53. The lowest BCUT2D eigenvalue weighted by Crippen LogP contribution is -2.57. The van der Waals surface area contributed by atoms with E-state index in [4.69, 9.17) is 4.74 Å². The number of carbonyl (C=O) groups excluding carboxylic acids is 2. The quantitative estimate of drug-likeness (QED) is 0.600. The molecule has 0 spiro atoms. The van der Waals surface area contributed by atoms with Crippen LogP contribution in [0.15, 0.2) is 29.2 Å². The lowest BCUT2D eigenvalue weighted by molar-refractivity contribution is -0.148. The molecule has 9 heteroatoms. The Morgan fingerprint density at radius 2 is 1.55 bits per heavy atom. The zero-order valence-electron chi connectivity index (χ0n) is 16.4. The molecule has 5 rings (SSSR count). The molecule has 0 heterocycles. The number of hydrogen-bond acceptors (Lipinski definition) is 5. The normalized spacial score (nSPS) is 30.0. The molecule has 3 N–H and O–H groups in total. The van der Waals surface area contributed by atoms with Crippen molar-refractivity contribution in [1.82, 2.24) is 15.6 Å². The Kier molecular flexibility index (Phi) is 5.29. The van der Waals surface area contributed by atoms with Gasteiger partial charge in [-0.05, 0) is 80.5 Å². The van der Waals surface area contributed by atoms with Crippen LogP contribution in [0.4, 0.5) is 0 Å². The summed E-state index contributed by atoms with van der Waals surface area (Å²) < 4.78 is 31.8. The van der Waals surface area contributed by atoms with Gasteiger partial charge in [-0.2, -0.15) is 0 Å². The summed E-state index contributed by atoms with van der Waals surface area (Å²) in [5, 5.41) is 0. The maximum atomic E-state index is 12.8. The average Bonchev–Trinajstić information content (AvgIpc) is 2.69. The minimum Gasteiger partial charge on any atom is -0.497 e. The SMILES string of the molecule is COc1ccc(S(=O)(=O)NCC(=O)NNC(=O)C23CC4CC(CC(C4)C2)C3)cc1. The summed E-state index contributed by atoms with van der Waals surface area (Å²) in [6, 6.07) is 5.85. The van der Waals surface area contributed by atoms with Gasteiger partial charge in [0, 0.05) is 0 Å². The van der Waals surface area contributed by atoms with E-state index >= 15 is 0 Å². The highest BCUT2D eigenvalue weighted by molar-refractivity contribution is 7.89. The number of hydrazine groups is 1. The molecule has 4 bridgehead atoms. The first-order valence-corrected chi connectivity index (χ1v) is 11.5. The Morgan fingerprint density at radius 1 is 1.00 bits per heavy atom. The molecule has 1 aromatic rings. The van der Waals surface area contributed by atoms with Crippen molar-refractivity contribution in [3.05, 3.63) is 24.3 Å². The molecule has 1 aromatic carbocycles. The predicted molar refractivity (Wildman–Crippen MR) is 105 cm³/mol. The minimum atomic E-state index is -3.83. The van der Waals surface area contributed by atoms with Crippen molar-refractivity contribution in [2.45, 2.75) is 43.4 Å². The van der Waals surface area contributed by atoms with Crippen LogP contribution < -0.4 is 20.3 Å². The van der Waals surface area contributed by atoms with Crippen LogP contribution in [0.5, 0.6) is 5.75 Å². The molecule has 0 atom stereocenters. The summed E-state index contributed by atoms with van der Waals surface area (Å²) in [5.74, 6) is 1.66. The molecule has 4 aliphatic rings. The topological polar surface area (TPSA) is 114 Å². The number of sulfonamides is 1. The third-order valence-corrected chi connectivity index (χ3v) is 8.04. The molecule has 2 amide bonds. The lowest BCUT2D eigenvalue weighted by Gasteiger charge is -2.55. The molecular formula is C20H27N3O5S. The number of ether oxygens (including phenoxy) is 1. The van der Waals surface area contributed by atoms with Crippen molar-refractivity contribution in [3.8, 4) is 5.75 Å². The molecule has 0 radical (unpaired) electrons. The number of carbonyl (C=O) groups is 2. The van der Waals surface area contributed by atoms with E-state index in [0.29, 0.717) is 23.5 Å². The summed E-state index contributed by atoms with van der Waals surface area (Å²) in [7, 11) is -2.34. The van der Waals surface area contributed by atoms with Gasteiger partial charge in [-0.1, -0.05) is 0 Å². The van der Waals surface area contributed by atoms with E-state index in [1.54, 1.807) is 0 Å². The van der Waals surface area contributed by atoms with Crippen LogP contribution in [0, 0.1) is 23.2 Å². The molecule has 0 saturated heterocycles. The van der Waals surface area contributed by atoms with Crippen LogP contribution in [-0.4, -0.2) is 33.9 Å². The molecule has 158 valence electrons. The van der Waals surface area contributed by atoms with E-state index in [2.05, 4.69) is 15.6 Å². The van der Waals surface area contributed by atoms with Gasteiger partial charge in [-0.15, -0.1) is 0 Å². The summed E-state index contributed by atoms with van der Waals surface area (Å²) in [6.45, 7) is -0.463. The van der Waals surface area contributed by atoms with Gasteiger partial charge in [0.25, 0.3) is 5.91 Å². The largest absolute Gasteiger partial charge is 0.497 e. The first-order chi connectivity index (χ1) is 13.8. The van der Waals surface area contributed by atoms with Gasteiger partial charge >= 0.3 is 0 Å². The molecule has 8 nitrogen and oxygen atoms in total. The summed E-state index contributed by atoms with van der Waals surface area (Å²) in [4.78, 5) is 24.9. The second-order valence-corrected chi connectivity index (χ2v) is 10.5. The third kappa shape index (κ3) is 4.11. The summed E-state index contributed by atoms with van der Waals surface area (Å²) >= 11 is 0. The molecule has 0 unspecified atom stereocenters. The first kappa shape index (κ1) is 20.2. The molecule has 4 saturated carbocycles. The van der Waals surface area contributed by atoms with E-state index in [1.165, 1.54) is 50.6 Å². The van der Waals surface area contributed by atoms with E-state index in [0.717, 1.165) is 19.3 Å². The van der Waals surface area contributed by atoms with Crippen molar-refractivity contribution < 1.29 is 22.7 Å². The number of amides is 2. The Hall–Kier alpha value is -2.13. The van der Waals surface area contributed by atoms with Crippen molar-refractivity contribution in [2.75, 3.05) is 13.7 Å². The van der Waals surface area contributed by atoms with E-state index in [9.17, 15) is 18.0 Å². The standard InChI is InChI=1S/C20H27N3O5S/c1-28-16-2-4-17(5-3-16)29(26,27)21-12-18(24)22-23-19(25)20-9-13-6-14(10-20)8-15(7-13)11-20/h2-5,13-15,21H,6-12H2,1H3,(H,22,24)(H,23,25). The number of benzene rings is 1. The number of nitrogens with one attached hydrogen (secondary N) is 3. The van der Waals surface area contributed by atoms with Gasteiger partial charge in [0.1, 0.15) is 5.75 Å². The van der Waals surface area contributed by atoms with Crippen LogP contribution in [0.3, 0.4) is 0 Å². The van der Waals surface area contributed by atoms with Gasteiger partial charge in [0.2, 0.25) is 15.9 Å². The first-order valence-electron chi connectivity index (χ1n) is 10.0. The fourth-order valence-electron chi connectivity index (χ4n) is 5.69. The van der Waals surface area contributed by atoms with Crippen molar-refractivity contribution >= 4 is 21.8 Å². The fourth-order valence-corrected chi connectivity index (χ4v) is 6.67. The van der Waals surface area contributed by atoms with E-state index < -0.39 is 22.5 Å². The number of hydrogen-bond donors (Lipinski definition) is 3. The molecular weight excluding hydrogens is 394 g/mol. The van der Waals surface area contributed by atoms with Crippen molar-refractivity contribution in [1.29, 1.82) is 0 Å². The highest BCUT2D eigenvalue weighted by atomic mass is 32.2. The van der Waals surface area contributed by atoms with Gasteiger partial charge in [-0.25, -0.2) is 13.1 Å². The van der Waals surface area contributed by atoms with Gasteiger partial charge in [-0.3, -0.25) is 20.4 Å². The molecule has 4 fully saturated rings. The lowest BCUT2D eigenvalue weighted by atomic mass is 9.49. The summed E-state index contributed by atoms with van der Waals surface area (Å²) in [6.07, 6.45) is 6.37. The average molecular weight is 422 g/mol. The third-order valence-electron chi connectivity index (χ3n) is 6.63.